The first-order chi connectivity index (χ1) is 7.10. The number of rotatable bonds is 4. The van der Waals surface area contributed by atoms with Gasteiger partial charge in [-0.25, -0.2) is 0 Å². The summed E-state index contributed by atoms with van der Waals surface area (Å²) >= 11 is 0. The summed E-state index contributed by atoms with van der Waals surface area (Å²) in [5.74, 6) is -0.463. The van der Waals surface area contributed by atoms with Crippen molar-refractivity contribution in [3.63, 3.8) is 0 Å². The Kier molecular flexibility index (Phi) is 3.72. The molecule has 0 amide bonds. The zero-order valence-electron chi connectivity index (χ0n) is 8.95. The van der Waals surface area contributed by atoms with Gasteiger partial charge in [-0.3, -0.25) is 9.59 Å². The molecule has 0 aliphatic heterocycles. The number of aldehydes is 1. The Morgan fingerprint density at radius 2 is 1.73 bits per heavy atom. The van der Waals surface area contributed by atoms with Crippen LogP contribution in [0.5, 0.6) is 0 Å². The second-order valence-electron chi connectivity index (χ2n) is 3.69. The van der Waals surface area contributed by atoms with Crippen LogP contribution in [0.3, 0.4) is 0 Å². The molecule has 0 saturated carbocycles. The topological polar surface area (TPSA) is 51.2 Å². The third kappa shape index (κ3) is 2.49. The minimum absolute atomic E-state index is 0.106. The SMILES string of the molecule is CCC1=C(CC(C)C=O)C(=O)C=CC1=O. The lowest BCUT2D eigenvalue weighted by molar-refractivity contribution is -0.115. The maximum atomic E-state index is 11.5. The van der Waals surface area contributed by atoms with Crippen LogP contribution in [0.1, 0.15) is 26.7 Å². The van der Waals surface area contributed by atoms with E-state index in [1.807, 2.05) is 6.92 Å². The Morgan fingerprint density at radius 1 is 1.20 bits per heavy atom. The number of ketones is 2. The van der Waals surface area contributed by atoms with Gasteiger partial charge < -0.3 is 4.79 Å². The summed E-state index contributed by atoms with van der Waals surface area (Å²) in [7, 11) is 0. The Balaban J connectivity index is 3.01. The van der Waals surface area contributed by atoms with Crippen LogP contribution >= 0.6 is 0 Å². The van der Waals surface area contributed by atoms with Crippen LogP contribution in [0, 0.1) is 5.92 Å². The molecule has 0 N–H and O–H groups in total. The van der Waals surface area contributed by atoms with Crippen molar-refractivity contribution in [3.8, 4) is 0 Å². The average molecular weight is 206 g/mol. The van der Waals surface area contributed by atoms with E-state index in [4.69, 9.17) is 0 Å². The molecule has 1 rings (SSSR count). The fourth-order valence-corrected chi connectivity index (χ4v) is 1.63. The molecule has 0 aromatic rings. The predicted octanol–water partition coefficient (Wildman–Crippen LogP) is 1.63. The first-order valence-corrected chi connectivity index (χ1v) is 5.04. The highest BCUT2D eigenvalue weighted by molar-refractivity contribution is 6.20. The van der Waals surface area contributed by atoms with E-state index in [9.17, 15) is 14.4 Å². The third-order valence-corrected chi connectivity index (χ3v) is 2.46. The molecule has 1 aliphatic rings. The maximum absolute atomic E-state index is 11.5. The van der Waals surface area contributed by atoms with E-state index in [-0.39, 0.29) is 17.5 Å². The number of carbonyl (C=O) groups is 3. The number of carbonyl (C=O) groups excluding carboxylic acids is 3. The molecule has 0 spiro atoms. The van der Waals surface area contributed by atoms with E-state index in [1.165, 1.54) is 12.2 Å². The highest BCUT2D eigenvalue weighted by atomic mass is 16.1. The number of allylic oxidation sites excluding steroid dienone is 4. The van der Waals surface area contributed by atoms with E-state index < -0.39 is 0 Å². The van der Waals surface area contributed by atoms with E-state index >= 15 is 0 Å². The van der Waals surface area contributed by atoms with Crippen LogP contribution < -0.4 is 0 Å². The summed E-state index contributed by atoms with van der Waals surface area (Å²) in [5.41, 5.74) is 1.06. The quantitative estimate of drug-likeness (QED) is 0.519. The van der Waals surface area contributed by atoms with Gasteiger partial charge in [0.15, 0.2) is 11.6 Å². The van der Waals surface area contributed by atoms with Crippen LogP contribution in [0.25, 0.3) is 0 Å². The summed E-state index contributed by atoms with van der Waals surface area (Å²) in [5, 5.41) is 0. The van der Waals surface area contributed by atoms with Gasteiger partial charge in [-0.05, 0) is 25.0 Å². The van der Waals surface area contributed by atoms with Gasteiger partial charge in [0.2, 0.25) is 0 Å². The van der Waals surface area contributed by atoms with Crippen molar-refractivity contribution < 1.29 is 14.4 Å². The van der Waals surface area contributed by atoms with Crippen molar-refractivity contribution >= 4 is 17.9 Å². The van der Waals surface area contributed by atoms with Gasteiger partial charge in [-0.2, -0.15) is 0 Å². The minimum atomic E-state index is -0.218. The molecule has 15 heavy (non-hydrogen) atoms. The predicted molar refractivity (Wildman–Crippen MR) is 56.3 cm³/mol. The lowest BCUT2D eigenvalue weighted by Crippen LogP contribution is -2.16. The number of hydrogen-bond donors (Lipinski definition) is 0. The zero-order chi connectivity index (χ0) is 11.4. The molecule has 1 atom stereocenters. The highest BCUT2D eigenvalue weighted by Gasteiger charge is 2.22. The standard InChI is InChI=1S/C12H14O3/c1-3-9-10(6-8(2)7-13)12(15)5-4-11(9)14/h4-5,7-8H,3,6H2,1-2H3. The molecule has 0 bridgehead atoms. The molecular weight excluding hydrogens is 192 g/mol. The summed E-state index contributed by atoms with van der Waals surface area (Å²) in [6.07, 6.45) is 4.29. The maximum Gasteiger partial charge on any atom is 0.182 e. The van der Waals surface area contributed by atoms with Gasteiger partial charge in [0, 0.05) is 17.1 Å². The van der Waals surface area contributed by atoms with Crippen LogP contribution in [-0.2, 0) is 14.4 Å². The smallest absolute Gasteiger partial charge is 0.182 e. The first-order valence-electron chi connectivity index (χ1n) is 5.04. The Hall–Kier alpha value is -1.51. The first kappa shape index (κ1) is 11.6. The molecule has 0 heterocycles. The molecular formula is C12H14O3. The van der Waals surface area contributed by atoms with Crippen molar-refractivity contribution in [1.29, 1.82) is 0 Å². The van der Waals surface area contributed by atoms with E-state index in [1.54, 1.807) is 6.92 Å². The van der Waals surface area contributed by atoms with Gasteiger partial charge in [-0.15, -0.1) is 0 Å². The summed E-state index contributed by atoms with van der Waals surface area (Å²) in [4.78, 5) is 33.5. The average Bonchev–Trinajstić information content (AvgIpc) is 2.23. The zero-order valence-corrected chi connectivity index (χ0v) is 8.95. The fourth-order valence-electron chi connectivity index (χ4n) is 1.63. The normalized spacial score (nSPS) is 18.3. The van der Waals surface area contributed by atoms with E-state index in [0.717, 1.165) is 6.29 Å². The van der Waals surface area contributed by atoms with Crippen molar-refractivity contribution in [2.45, 2.75) is 26.7 Å². The Bertz CT molecular complexity index is 361. The van der Waals surface area contributed by atoms with Crippen LogP contribution in [0.2, 0.25) is 0 Å². The van der Waals surface area contributed by atoms with Crippen LogP contribution in [0.4, 0.5) is 0 Å². The lowest BCUT2D eigenvalue weighted by atomic mass is 9.88. The lowest BCUT2D eigenvalue weighted by Gasteiger charge is -2.14. The third-order valence-electron chi connectivity index (χ3n) is 2.46. The molecule has 0 aromatic carbocycles. The van der Waals surface area contributed by atoms with Crippen molar-refractivity contribution in [2.24, 2.45) is 5.92 Å². The van der Waals surface area contributed by atoms with Crippen molar-refractivity contribution in [2.75, 3.05) is 0 Å². The summed E-state index contributed by atoms with van der Waals surface area (Å²) in [6.45, 7) is 3.58. The van der Waals surface area contributed by atoms with Gasteiger partial charge in [0.25, 0.3) is 0 Å². The molecule has 0 saturated heterocycles. The molecule has 1 aliphatic carbocycles. The van der Waals surface area contributed by atoms with Crippen molar-refractivity contribution in [1.82, 2.24) is 0 Å². The molecule has 0 radical (unpaired) electrons. The molecule has 3 nitrogen and oxygen atoms in total. The minimum Gasteiger partial charge on any atom is -0.303 e. The Morgan fingerprint density at radius 3 is 2.20 bits per heavy atom. The van der Waals surface area contributed by atoms with Gasteiger partial charge in [0.05, 0.1) is 0 Å². The molecule has 0 fully saturated rings. The molecule has 3 heteroatoms. The second kappa shape index (κ2) is 4.82. The summed E-state index contributed by atoms with van der Waals surface area (Å²) < 4.78 is 0. The van der Waals surface area contributed by atoms with E-state index in [2.05, 4.69) is 0 Å². The largest absolute Gasteiger partial charge is 0.303 e. The van der Waals surface area contributed by atoms with E-state index in [0.29, 0.717) is 24.0 Å². The fraction of sp³-hybridized carbons (Fsp3) is 0.417. The van der Waals surface area contributed by atoms with Gasteiger partial charge in [-0.1, -0.05) is 13.8 Å². The number of hydrogen-bond acceptors (Lipinski definition) is 3. The monoisotopic (exact) mass is 206 g/mol. The second-order valence-corrected chi connectivity index (χ2v) is 3.69. The van der Waals surface area contributed by atoms with Crippen molar-refractivity contribution in [3.05, 3.63) is 23.3 Å². The highest BCUT2D eigenvalue weighted by Crippen LogP contribution is 2.22. The summed E-state index contributed by atoms with van der Waals surface area (Å²) in [6, 6.07) is 0. The molecule has 0 aromatic heterocycles. The molecule has 80 valence electrons. The Labute approximate surface area is 88.9 Å². The molecule has 1 unspecified atom stereocenters. The van der Waals surface area contributed by atoms with Crippen LogP contribution in [-0.4, -0.2) is 17.9 Å². The van der Waals surface area contributed by atoms with Crippen LogP contribution in [0.15, 0.2) is 23.3 Å². The van der Waals surface area contributed by atoms with Gasteiger partial charge >= 0.3 is 0 Å². The van der Waals surface area contributed by atoms with Gasteiger partial charge in [0.1, 0.15) is 6.29 Å².